The van der Waals surface area contributed by atoms with Gasteiger partial charge in [0, 0.05) is 17.6 Å². The molecule has 0 spiro atoms. The van der Waals surface area contributed by atoms with Gasteiger partial charge in [-0.05, 0) is 51.9 Å². The molecule has 1 aliphatic rings. The average molecular weight is 264 g/mol. The number of hydrogen-bond acceptors (Lipinski definition) is 2. The first-order valence-electron chi connectivity index (χ1n) is 7.43. The van der Waals surface area contributed by atoms with E-state index in [4.69, 9.17) is 0 Å². The van der Waals surface area contributed by atoms with Gasteiger partial charge in [0.2, 0.25) is 0 Å². The van der Waals surface area contributed by atoms with Gasteiger partial charge in [-0.2, -0.15) is 0 Å². The maximum Gasteiger partial charge on any atom is 0.127 e. The number of likely N-dealkylation sites (tertiary alicyclic amines) is 1. The Kier molecular flexibility index (Phi) is 5.34. The molecule has 2 rings (SSSR count). The second-order valence-corrected chi connectivity index (χ2v) is 5.47. The zero-order chi connectivity index (χ0) is 13.7. The highest BCUT2D eigenvalue weighted by molar-refractivity contribution is 5.20. The van der Waals surface area contributed by atoms with Gasteiger partial charge in [-0.15, -0.1) is 0 Å². The van der Waals surface area contributed by atoms with Crippen molar-refractivity contribution in [3.63, 3.8) is 0 Å². The van der Waals surface area contributed by atoms with Crippen molar-refractivity contribution in [2.24, 2.45) is 0 Å². The van der Waals surface area contributed by atoms with Gasteiger partial charge in [-0.1, -0.05) is 25.1 Å². The second-order valence-electron chi connectivity index (χ2n) is 5.47. The van der Waals surface area contributed by atoms with Gasteiger partial charge >= 0.3 is 0 Å². The van der Waals surface area contributed by atoms with Gasteiger partial charge in [-0.3, -0.25) is 0 Å². The first kappa shape index (κ1) is 14.5. The Morgan fingerprint density at radius 2 is 2.11 bits per heavy atom. The Bertz CT molecular complexity index is 394. The van der Waals surface area contributed by atoms with E-state index >= 15 is 0 Å². The predicted octanol–water partition coefficient (Wildman–Crippen LogP) is 3.35. The summed E-state index contributed by atoms with van der Waals surface area (Å²) in [7, 11) is 0. The summed E-state index contributed by atoms with van der Waals surface area (Å²) < 4.78 is 13.7. The van der Waals surface area contributed by atoms with E-state index in [2.05, 4.69) is 24.1 Å². The van der Waals surface area contributed by atoms with Crippen LogP contribution in [0.5, 0.6) is 0 Å². The molecule has 1 aliphatic heterocycles. The number of nitrogens with zero attached hydrogens (tertiary/aromatic N) is 1. The van der Waals surface area contributed by atoms with Crippen LogP contribution in [0.1, 0.15) is 44.7 Å². The third-order valence-electron chi connectivity index (χ3n) is 4.13. The molecule has 0 aliphatic carbocycles. The Hall–Kier alpha value is -0.930. The molecular formula is C16H25FN2. The summed E-state index contributed by atoms with van der Waals surface area (Å²) in [5.74, 6) is -0.105. The standard InChI is InChI=1S/C16H25FN2/c1-3-19-11-6-7-14(10-12-19)18-13(2)15-8-4-5-9-16(15)17/h4-5,8-9,13-14,18H,3,6-7,10-12H2,1-2H3/t13-,14?/m1/s1. The Labute approximate surface area is 116 Å². The Morgan fingerprint density at radius 1 is 1.32 bits per heavy atom. The fourth-order valence-corrected chi connectivity index (χ4v) is 2.91. The lowest BCUT2D eigenvalue weighted by Gasteiger charge is -2.23. The predicted molar refractivity (Wildman–Crippen MR) is 77.7 cm³/mol. The van der Waals surface area contributed by atoms with Crippen LogP contribution in [0, 0.1) is 5.82 Å². The number of rotatable bonds is 4. The van der Waals surface area contributed by atoms with Crippen molar-refractivity contribution in [1.29, 1.82) is 0 Å². The van der Waals surface area contributed by atoms with Crippen LogP contribution in [0.4, 0.5) is 4.39 Å². The van der Waals surface area contributed by atoms with Crippen molar-refractivity contribution in [1.82, 2.24) is 10.2 Å². The molecule has 1 aromatic rings. The topological polar surface area (TPSA) is 15.3 Å². The van der Waals surface area contributed by atoms with E-state index in [1.54, 1.807) is 12.1 Å². The van der Waals surface area contributed by atoms with Gasteiger partial charge < -0.3 is 10.2 Å². The van der Waals surface area contributed by atoms with E-state index in [-0.39, 0.29) is 11.9 Å². The maximum absolute atomic E-state index is 13.7. The summed E-state index contributed by atoms with van der Waals surface area (Å²) in [6.07, 6.45) is 3.58. The minimum Gasteiger partial charge on any atom is -0.307 e. The van der Waals surface area contributed by atoms with Crippen LogP contribution >= 0.6 is 0 Å². The maximum atomic E-state index is 13.7. The molecular weight excluding hydrogens is 239 g/mol. The lowest BCUT2D eigenvalue weighted by Crippen LogP contribution is -2.33. The average Bonchev–Trinajstić information content (AvgIpc) is 2.64. The van der Waals surface area contributed by atoms with Crippen molar-refractivity contribution < 1.29 is 4.39 Å². The summed E-state index contributed by atoms with van der Waals surface area (Å²) in [5, 5.41) is 3.59. The van der Waals surface area contributed by atoms with Gasteiger partial charge in [0.15, 0.2) is 0 Å². The third-order valence-corrected chi connectivity index (χ3v) is 4.13. The minimum absolute atomic E-state index is 0.0828. The van der Waals surface area contributed by atoms with Crippen LogP contribution in [-0.2, 0) is 0 Å². The van der Waals surface area contributed by atoms with Crippen LogP contribution in [0.15, 0.2) is 24.3 Å². The monoisotopic (exact) mass is 264 g/mol. The fraction of sp³-hybridized carbons (Fsp3) is 0.625. The number of halogens is 1. The zero-order valence-electron chi connectivity index (χ0n) is 12.0. The number of benzene rings is 1. The molecule has 3 heteroatoms. The summed E-state index contributed by atoms with van der Waals surface area (Å²) in [5.41, 5.74) is 0.777. The molecule has 1 unspecified atom stereocenters. The summed E-state index contributed by atoms with van der Waals surface area (Å²) >= 11 is 0. The van der Waals surface area contributed by atoms with Crippen LogP contribution in [0.25, 0.3) is 0 Å². The molecule has 1 N–H and O–H groups in total. The van der Waals surface area contributed by atoms with Crippen molar-refractivity contribution in [2.45, 2.75) is 45.2 Å². The largest absolute Gasteiger partial charge is 0.307 e. The van der Waals surface area contributed by atoms with Crippen LogP contribution in [0.2, 0.25) is 0 Å². The summed E-state index contributed by atoms with van der Waals surface area (Å²) in [6.45, 7) is 7.76. The first-order chi connectivity index (χ1) is 9.20. The number of hydrogen-bond donors (Lipinski definition) is 1. The van der Waals surface area contributed by atoms with Crippen LogP contribution in [-0.4, -0.2) is 30.6 Å². The quantitative estimate of drug-likeness (QED) is 0.897. The van der Waals surface area contributed by atoms with E-state index in [9.17, 15) is 4.39 Å². The molecule has 2 atom stereocenters. The third kappa shape index (κ3) is 4.02. The zero-order valence-corrected chi connectivity index (χ0v) is 12.0. The molecule has 1 saturated heterocycles. The second kappa shape index (κ2) is 7.01. The number of nitrogens with one attached hydrogen (secondary N) is 1. The highest BCUT2D eigenvalue weighted by atomic mass is 19.1. The lowest BCUT2D eigenvalue weighted by molar-refractivity contribution is 0.295. The lowest BCUT2D eigenvalue weighted by atomic mass is 10.0. The van der Waals surface area contributed by atoms with E-state index in [0.717, 1.165) is 25.1 Å². The molecule has 0 bridgehead atoms. The van der Waals surface area contributed by atoms with Crippen molar-refractivity contribution in [3.05, 3.63) is 35.6 Å². The van der Waals surface area contributed by atoms with Crippen LogP contribution < -0.4 is 5.32 Å². The fourth-order valence-electron chi connectivity index (χ4n) is 2.91. The summed E-state index contributed by atoms with van der Waals surface area (Å²) in [4.78, 5) is 2.50. The highest BCUT2D eigenvalue weighted by Crippen LogP contribution is 2.19. The SMILES string of the molecule is CCN1CCCC(N[C@H](C)c2ccccc2F)CC1. The first-order valence-corrected chi connectivity index (χ1v) is 7.43. The molecule has 106 valence electrons. The molecule has 0 saturated carbocycles. The molecule has 2 nitrogen and oxygen atoms in total. The van der Waals surface area contributed by atoms with Crippen molar-refractivity contribution >= 4 is 0 Å². The molecule has 1 heterocycles. The van der Waals surface area contributed by atoms with E-state index in [1.165, 1.54) is 19.4 Å². The van der Waals surface area contributed by atoms with Gasteiger partial charge in [0.1, 0.15) is 5.82 Å². The normalized spacial score (nSPS) is 23.0. The van der Waals surface area contributed by atoms with Gasteiger partial charge in [-0.25, -0.2) is 4.39 Å². The minimum atomic E-state index is -0.105. The Morgan fingerprint density at radius 3 is 2.84 bits per heavy atom. The van der Waals surface area contributed by atoms with Crippen molar-refractivity contribution in [2.75, 3.05) is 19.6 Å². The summed E-state index contributed by atoms with van der Waals surface area (Å²) in [6, 6.07) is 7.66. The van der Waals surface area contributed by atoms with Gasteiger partial charge in [0.05, 0.1) is 0 Å². The smallest absolute Gasteiger partial charge is 0.127 e. The Balaban J connectivity index is 1.92. The molecule has 0 aromatic heterocycles. The molecule has 1 fully saturated rings. The molecule has 0 amide bonds. The van der Waals surface area contributed by atoms with Crippen LogP contribution in [0.3, 0.4) is 0 Å². The van der Waals surface area contributed by atoms with E-state index in [1.807, 2.05) is 12.1 Å². The van der Waals surface area contributed by atoms with E-state index in [0.29, 0.717) is 6.04 Å². The van der Waals surface area contributed by atoms with Crippen molar-refractivity contribution in [3.8, 4) is 0 Å². The highest BCUT2D eigenvalue weighted by Gasteiger charge is 2.19. The molecule has 19 heavy (non-hydrogen) atoms. The molecule has 1 aromatic carbocycles. The van der Waals surface area contributed by atoms with Gasteiger partial charge in [0.25, 0.3) is 0 Å². The van der Waals surface area contributed by atoms with E-state index < -0.39 is 0 Å². The molecule has 0 radical (unpaired) electrons.